The lowest BCUT2D eigenvalue weighted by Crippen LogP contribution is -2.33. The van der Waals surface area contributed by atoms with Crippen molar-refractivity contribution in [3.05, 3.63) is 24.3 Å². The van der Waals surface area contributed by atoms with Crippen LogP contribution >= 0.6 is 0 Å². The highest BCUT2D eigenvalue weighted by Crippen LogP contribution is 2.28. The summed E-state index contributed by atoms with van der Waals surface area (Å²) in [5, 5.41) is 8.89. The molecule has 2 unspecified atom stereocenters. The monoisotopic (exact) mass is 270 g/mol. The average Bonchev–Trinajstić information content (AvgIpc) is 2.31. The molecule has 0 radical (unpaired) electrons. The summed E-state index contributed by atoms with van der Waals surface area (Å²) in [7, 11) is -2.98. The number of sulfone groups is 1. The standard InChI is InChI=1S/C13H18O4S/c1-18(15,16)13-4-2-3-12(9-13)17-11-7-5-10(14)6-8-11/h5-8,12-14H,2-4,9H2,1H3. The second kappa shape index (κ2) is 5.18. The van der Waals surface area contributed by atoms with E-state index in [-0.39, 0.29) is 17.1 Å². The molecule has 100 valence electrons. The fourth-order valence-electron chi connectivity index (χ4n) is 2.32. The summed E-state index contributed by atoms with van der Waals surface area (Å²) in [6, 6.07) is 6.51. The van der Waals surface area contributed by atoms with Crippen LogP contribution in [0.25, 0.3) is 0 Å². The molecule has 1 aliphatic carbocycles. The van der Waals surface area contributed by atoms with Crippen molar-refractivity contribution in [2.75, 3.05) is 6.26 Å². The van der Waals surface area contributed by atoms with Gasteiger partial charge in [0, 0.05) is 12.7 Å². The lowest BCUT2D eigenvalue weighted by Gasteiger charge is -2.28. The molecule has 1 N–H and O–H groups in total. The van der Waals surface area contributed by atoms with Crippen LogP contribution < -0.4 is 4.74 Å². The van der Waals surface area contributed by atoms with Crippen LogP contribution in [0.2, 0.25) is 0 Å². The number of ether oxygens (including phenoxy) is 1. The topological polar surface area (TPSA) is 63.6 Å². The van der Waals surface area contributed by atoms with Gasteiger partial charge in [-0.15, -0.1) is 0 Å². The lowest BCUT2D eigenvalue weighted by molar-refractivity contribution is 0.156. The smallest absolute Gasteiger partial charge is 0.150 e. The Labute approximate surface area is 108 Å². The van der Waals surface area contributed by atoms with Gasteiger partial charge in [0.2, 0.25) is 0 Å². The van der Waals surface area contributed by atoms with Crippen molar-refractivity contribution in [1.82, 2.24) is 0 Å². The molecule has 0 amide bonds. The van der Waals surface area contributed by atoms with Crippen molar-refractivity contribution >= 4 is 9.84 Å². The second-order valence-corrected chi connectivity index (χ2v) is 7.18. The first-order chi connectivity index (χ1) is 8.45. The quantitative estimate of drug-likeness (QED) is 0.914. The molecule has 0 spiro atoms. The molecular weight excluding hydrogens is 252 g/mol. The fourth-order valence-corrected chi connectivity index (χ4v) is 3.47. The summed E-state index contributed by atoms with van der Waals surface area (Å²) in [5.74, 6) is 0.868. The maximum Gasteiger partial charge on any atom is 0.150 e. The highest BCUT2D eigenvalue weighted by Gasteiger charge is 2.29. The first kappa shape index (κ1) is 13.2. The number of hydrogen-bond donors (Lipinski definition) is 1. The van der Waals surface area contributed by atoms with E-state index in [0.717, 1.165) is 19.3 Å². The highest BCUT2D eigenvalue weighted by atomic mass is 32.2. The molecule has 1 fully saturated rings. The summed E-state index contributed by atoms with van der Waals surface area (Å²) in [4.78, 5) is 0. The molecule has 1 aromatic carbocycles. The maximum atomic E-state index is 11.5. The van der Waals surface area contributed by atoms with Gasteiger partial charge in [0.15, 0.2) is 0 Å². The minimum Gasteiger partial charge on any atom is -0.508 e. The first-order valence-corrected chi connectivity index (χ1v) is 8.05. The van der Waals surface area contributed by atoms with Crippen molar-refractivity contribution < 1.29 is 18.3 Å². The summed E-state index contributed by atoms with van der Waals surface area (Å²) in [6.07, 6.45) is 4.28. The molecule has 2 atom stereocenters. The minimum atomic E-state index is -2.98. The van der Waals surface area contributed by atoms with E-state index < -0.39 is 9.84 Å². The molecule has 0 heterocycles. The molecule has 2 rings (SSSR count). The zero-order valence-corrected chi connectivity index (χ0v) is 11.2. The molecule has 0 saturated heterocycles. The van der Waals surface area contributed by atoms with Crippen molar-refractivity contribution in [3.8, 4) is 11.5 Å². The van der Waals surface area contributed by atoms with Gasteiger partial charge in [-0.3, -0.25) is 0 Å². The molecule has 18 heavy (non-hydrogen) atoms. The van der Waals surface area contributed by atoms with Crippen LogP contribution in [0.5, 0.6) is 11.5 Å². The molecular formula is C13H18O4S. The Hall–Kier alpha value is -1.23. The summed E-state index contributed by atoms with van der Waals surface area (Å²) in [5.41, 5.74) is 0. The molecule has 0 aromatic heterocycles. The number of aromatic hydroxyl groups is 1. The van der Waals surface area contributed by atoms with Crippen LogP contribution in [0, 0.1) is 0 Å². The largest absolute Gasteiger partial charge is 0.508 e. The molecule has 0 bridgehead atoms. The van der Waals surface area contributed by atoms with Crippen LogP contribution in [0.3, 0.4) is 0 Å². The van der Waals surface area contributed by atoms with Gasteiger partial charge >= 0.3 is 0 Å². The van der Waals surface area contributed by atoms with Crippen LogP contribution in [0.1, 0.15) is 25.7 Å². The third kappa shape index (κ3) is 3.38. The Morgan fingerprint density at radius 1 is 1.22 bits per heavy atom. The predicted molar refractivity (Wildman–Crippen MR) is 69.6 cm³/mol. The zero-order chi connectivity index (χ0) is 13.2. The summed E-state index contributed by atoms with van der Waals surface area (Å²) in [6.45, 7) is 0. The Morgan fingerprint density at radius 3 is 2.50 bits per heavy atom. The van der Waals surface area contributed by atoms with Gasteiger partial charge in [-0.05, 0) is 43.5 Å². The van der Waals surface area contributed by atoms with Gasteiger partial charge in [-0.2, -0.15) is 0 Å². The van der Waals surface area contributed by atoms with Crippen molar-refractivity contribution in [3.63, 3.8) is 0 Å². The Morgan fingerprint density at radius 2 is 1.89 bits per heavy atom. The Balaban J connectivity index is 2.00. The van der Waals surface area contributed by atoms with Crippen molar-refractivity contribution in [2.45, 2.75) is 37.0 Å². The third-order valence-corrected chi connectivity index (χ3v) is 4.96. The summed E-state index contributed by atoms with van der Waals surface area (Å²) < 4.78 is 28.8. The number of phenolic OH excluding ortho intramolecular Hbond substituents is 1. The SMILES string of the molecule is CS(=O)(=O)C1CCCC(Oc2ccc(O)cc2)C1. The lowest BCUT2D eigenvalue weighted by atomic mass is 9.97. The molecule has 4 nitrogen and oxygen atoms in total. The van der Waals surface area contributed by atoms with Gasteiger partial charge in [-0.25, -0.2) is 8.42 Å². The van der Waals surface area contributed by atoms with Gasteiger partial charge in [0.1, 0.15) is 21.3 Å². The molecule has 5 heteroatoms. The van der Waals surface area contributed by atoms with Crippen LogP contribution in [-0.4, -0.2) is 31.1 Å². The number of rotatable bonds is 3. The number of hydrogen-bond acceptors (Lipinski definition) is 4. The number of benzene rings is 1. The van der Waals surface area contributed by atoms with Crippen molar-refractivity contribution in [2.24, 2.45) is 0 Å². The van der Waals surface area contributed by atoms with E-state index in [2.05, 4.69) is 0 Å². The normalized spacial score (nSPS) is 24.7. The minimum absolute atomic E-state index is 0.0528. The molecule has 1 saturated carbocycles. The van der Waals surface area contributed by atoms with Crippen LogP contribution in [0.15, 0.2) is 24.3 Å². The Kier molecular flexibility index (Phi) is 3.80. The van der Waals surface area contributed by atoms with Gasteiger partial charge < -0.3 is 9.84 Å². The van der Waals surface area contributed by atoms with Crippen LogP contribution in [0.4, 0.5) is 0 Å². The zero-order valence-electron chi connectivity index (χ0n) is 10.4. The van der Waals surface area contributed by atoms with Gasteiger partial charge in [0.05, 0.1) is 11.4 Å². The number of phenols is 1. The van der Waals surface area contributed by atoms with E-state index in [4.69, 9.17) is 4.74 Å². The summed E-state index contributed by atoms with van der Waals surface area (Å²) >= 11 is 0. The van der Waals surface area contributed by atoms with E-state index in [1.165, 1.54) is 6.26 Å². The van der Waals surface area contributed by atoms with E-state index in [1.807, 2.05) is 0 Å². The van der Waals surface area contributed by atoms with Crippen LogP contribution in [-0.2, 0) is 9.84 Å². The predicted octanol–water partition coefficient (Wildman–Crippen LogP) is 2.13. The maximum absolute atomic E-state index is 11.5. The first-order valence-electron chi connectivity index (χ1n) is 6.10. The average molecular weight is 270 g/mol. The highest BCUT2D eigenvalue weighted by molar-refractivity contribution is 7.91. The van der Waals surface area contributed by atoms with E-state index in [0.29, 0.717) is 12.2 Å². The second-order valence-electron chi connectivity index (χ2n) is 4.85. The molecule has 1 aliphatic rings. The van der Waals surface area contributed by atoms with E-state index in [1.54, 1.807) is 24.3 Å². The van der Waals surface area contributed by atoms with Crippen molar-refractivity contribution in [1.29, 1.82) is 0 Å². The van der Waals surface area contributed by atoms with Gasteiger partial charge in [-0.1, -0.05) is 0 Å². The third-order valence-electron chi connectivity index (χ3n) is 3.32. The molecule has 1 aromatic rings. The van der Waals surface area contributed by atoms with Gasteiger partial charge in [0.25, 0.3) is 0 Å². The van der Waals surface area contributed by atoms with E-state index in [9.17, 15) is 13.5 Å². The van der Waals surface area contributed by atoms with E-state index >= 15 is 0 Å². The molecule has 0 aliphatic heterocycles. The fraction of sp³-hybridized carbons (Fsp3) is 0.538. The Bertz CT molecular complexity index is 492.